The lowest BCUT2D eigenvalue weighted by atomic mass is 10.2. The number of urea groups is 1. The van der Waals surface area contributed by atoms with E-state index in [0.29, 0.717) is 41.7 Å². The summed E-state index contributed by atoms with van der Waals surface area (Å²) in [4.78, 5) is 28.2. The number of rotatable bonds is 7. The lowest BCUT2D eigenvalue weighted by Gasteiger charge is -2.21. The van der Waals surface area contributed by atoms with E-state index in [9.17, 15) is 9.59 Å². The normalized spacial score (nSPS) is 13.5. The predicted octanol–water partition coefficient (Wildman–Crippen LogP) is 2.59. The zero-order chi connectivity index (χ0) is 20.1. The van der Waals surface area contributed by atoms with E-state index in [4.69, 9.17) is 14.2 Å². The molecule has 0 saturated carbocycles. The van der Waals surface area contributed by atoms with Crippen LogP contribution in [0.2, 0.25) is 0 Å². The molecule has 3 amide bonds. The number of ether oxygens (including phenoxy) is 3. The van der Waals surface area contributed by atoms with Gasteiger partial charge < -0.3 is 24.4 Å². The van der Waals surface area contributed by atoms with Crippen molar-refractivity contribution in [2.24, 2.45) is 0 Å². The van der Waals surface area contributed by atoms with E-state index in [1.165, 1.54) is 4.90 Å². The van der Waals surface area contributed by atoms with Gasteiger partial charge in [0.15, 0.2) is 0 Å². The topological polar surface area (TPSA) is 80.3 Å². The number of hydrogen-bond donors (Lipinski definition) is 1. The summed E-state index contributed by atoms with van der Waals surface area (Å²) in [5.74, 6) is 1.63. The van der Waals surface area contributed by atoms with Gasteiger partial charge in [0.05, 0.1) is 27.0 Å². The van der Waals surface area contributed by atoms with Gasteiger partial charge in [0.2, 0.25) is 5.91 Å². The molecular weight excluding hydrogens is 362 g/mol. The highest BCUT2D eigenvalue weighted by Crippen LogP contribution is 2.34. The molecule has 1 saturated heterocycles. The lowest BCUT2D eigenvalue weighted by molar-refractivity contribution is -0.116. The average molecular weight is 385 g/mol. The summed E-state index contributed by atoms with van der Waals surface area (Å²) in [5.41, 5.74) is 1.26. The molecule has 1 heterocycles. The molecule has 1 fully saturated rings. The van der Waals surface area contributed by atoms with E-state index < -0.39 is 0 Å². The van der Waals surface area contributed by atoms with Gasteiger partial charge in [-0.1, -0.05) is 0 Å². The number of carbonyl (C=O) groups is 2. The first-order valence-corrected chi connectivity index (χ1v) is 8.78. The Balaban J connectivity index is 1.66. The van der Waals surface area contributed by atoms with Crippen LogP contribution in [-0.2, 0) is 4.79 Å². The van der Waals surface area contributed by atoms with Crippen LogP contribution in [0.25, 0.3) is 0 Å². The van der Waals surface area contributed by atoms with E-state index in [-0.39, 0.29) is 18.5 Å². The first-order valence-electron chi connectivity index (χ1n) is 8.78. The number of methoxy groups -OCH3 is 3. The number of nitrogens with one attached hydrogen (secondary N) is 1. The standard InChI is InChI=1S/C20H23N3O5/c1-26-15-6-4-14(5-7-15)21-19(24)13-22-10-11-23(20(22)25)17-12-16(27-2)8-9-18(17)28-3/h4-9,12H,10-11,13H2,1-3H3,(H,21,24). The van der Waals surface area contributed by atoms with Crippen molar-refractivity contribution >= 4 is 23.3 Å². The monoisotopic (exact) mass is 385 g/mol. The Morgan fingerprint density at radius 2 is 1.64 bits per heavy atom. The van der Waals surface area contributed by atoms with Crippen LogP contribution in [0.3, 0.4) is 0 Å². The van der Waals surface area contributed by atoms with Crippen LogP contribution in [-0.4, -0.2) is 57.8 Å². The Labute approximate surface area is 163 Å². The molecule has 0 aromatic heterocycles. The Bertz CT molecular complexity index is 853. The third-order valence-electron chi connectivity index (χ3n) is 4.48. The SMILES string of the molecule is COc1ccc(NC(=O)CN2CCN(c3cc(OC)ccc3OC)C2=O)cc1. The average Bonchev–Trinajstić information content (AvgIpc) is 3.08. The highest BCUT2D eigenvalue weighted by atomic mass is 16.5. The molecule has 8 heteroatoms. The maximum atomic E-state index is 12.8. The van der Waals surface area contributed by atoms with Gasteiger partial charge in [-0.3, -0.25) is 9.69 Å². The van der Waals surface area contributed by atoms with Crippen molar-refractivity contribution in [2.45, 2.75) is 0 Å². The van der Waals surface area contributed by atoms with Crippen molar-refractivity contribution in [3.05, 3.63) is 42.5 Å². The number of carbonyl (C=O) groups excluding carboxylic acids is 2. The molecule has 0 atom stereocenters. The highest BCUT2D eigenvalue weighted by molar-refractivity contribution is 6.00. The molecular formula is C20H23N3O5. The van der Waals surface area contributed by atoms with Gasteiger partial charge >= 0.3 is 6.03 Å². The Morgan fingerprint density at radius 1 is 0.964 bits per heavy atom. The lowest BCUT2D eigenvalue weighted by Crippen LogP contribution is -2.37. The first-order chi connectivity index (χ1) is 13.5. The van der Waals surface area contributed by atoms with Crippen LogP contribution in [0, 0.1) is 0 Å². The van der Waals surface area contributed by atoms with Gasteiger partial charge in [-0.2, -0.15) is 0 Å². The third kappa shape index (κ3) is 4.11. The molecule has 0 radical (unpaired) electrons. The van der Waals surface area contributed by atoms with Crippen LogP contribution in [0.4, 0.5) is 16.2 Å². The second-order valence-corrected chi connectivity index (χ2v) is 6.17. The fourth-order valence-corrected chi connectivity index (χ4v) is 3.01. The molecule has 0 unspecified atom stereocenters. The third-order valence-corrected chi connectivity index (χ3v) is 4.48. The minimum atomic E-state index is -0.266. The fourth-order valence-electron chi connectivity index (χ4n) is 3.01. The first kappa shape index (κ1) is 19.3. The summed E-state index contributed by atoms with van der Waals surface area (Å²) in [6.45, 7) is 0.862. The second kappa shape index (κ2) is 8.51. The van der Waals surface area contributed by atoms with Gasteiger partial charge in [0, 0.05) is 24.8 Å². The van der Waals surface area contributed by atoms with Gasteiger partial charge in [-0.25, -0.2) is 4.79 Å². The fraction of sp³-hybridized carbons (Fsp3) is 0.300. The van der Waals surface area contributed by atoms with E-state index in [1.807, 2.05) is 0 Å². The number of benzene rings is 2. The van der Waals surface area contributed by atoms with E-state index in [0.717, 1.165) is 0 Å². The van der Waals surface area contributed by atoms with Gasteiger partial charge in [0.25, 0.3) is 0 Å². The van der Waals surface area contributed by atoms with Crippen molar-refractivity contribution in [1.82, 2.24) is 4.90 Å². The molecule has 1 N–H and O–H groups in total. The van der Waals surface area contributed by atoms with Crippen LogP contribution in [0.1, 0.15) is 0 Å². The van der Waals surface area contributed by atoms with E-state index in [2.05, 4.69) is 5.32 Å². The molecule has 28 heavy (non-hydrogen) atoms. The van der Waals surface area contributed by atoms with Crippen molar-refractivity contribution < 1.29 is 23.8 Å². The summed E-state index contributed by atoms with van der Waals surface area (Å²) in [7, 11) is 4.69. The summed E-state index contributed by atoms with van der Waals surface area (Å²) in [5, 5.41) is 2.78. The zero-order valence-corrected chi connectivity index (χ0v) is 16.1. The van der Waals surface area contributed by atoms with Crippen molar-refractivity contribution in [3.63, 3.8) is 0 Å². The number of nitrogens with zero attached hydrogens (tertiary/aromatic N) is 2. The smallest absolute Gasteiger partial charge is 0.325 e. The second-order valence-electron chi connectivity index (χ2n) is 6.17. The van der Waals surface area contributed by atoms with Gasteiger partial charge in [-0.05, 0) is 36.4 Å². The highest BCUT2D eigenvalue weighted by Gasteiger charge is 2.32. The predicted molar refractivity (Wildman–Crippen MR) is 105 cm³/mol. The van der Waals surface area contributed by atoms with E-state index in [1.54, 1.807) is 68.7 Å². The Hall–Kier alpha value is -3.42. The number of hydrogen-bond acceptors (Lipinski definition) is 5. The Kier molecular flexibility index (Phi) is 5.88. The summed E-state index contributed by atoms with van der Waals surface area (Å²) >= 11 is 0. The largest absolute Gasteiger partial charge is 0.497 e. The zero-order valence-electron chi connectivity index (χ0n) is 16.1. The van der Waals surface area contributed by atoms with Crippen LogP contribution in [0.5, 0.6) is 17.2 Å². The molecule has 1 aliphatic rings. The van der Waals surface area contributed by atoms with Crippen LogP contribution < -0.4 is 24.4 Å². The molecule has 3 rings (SSSR count). The molecule has 2 aromatic rings. The maximum Gasteiger partial charge on any atom is 0.325 e. The van der Waals surface area contributed by atoms with Crippen molar-refractivity contribution in [2.75, 3.05) is 51.2 Å². The van der Waals surface area contributed by atoms with Crippen molar-refractivity contribution in [3.8, 4) is 17.2 Å². The molecule has 0 bridgehead atoms. The maximum absolute atomic E-state index is 12.8. The van der Waals surface area contributed by atoms with Gasteiger partial charge in [-0.15, -0.1) is 0 Å². The quantitative estimate of drug-likeness (QED) is 0.792. The van der Waals surface area contributed by atoms with Crippen LogP contribution in [0.15, 0.2) is 42.5 Å². The molecule has 148 valence electrons. The molecule has 2 aromatic carbocycles. The van der Waals surface area contributed by atoms with E-state index >= 15 is 0 Å². The Morgan fingerprint density at radius 3 is 2.29 bits per heavy atom. The van der Waals surface area contributed by atoms with Crippen molar-refractivity contribution in [1.29, 1.82) is 0 Å². The summed E-state index contributed by atoms with van der Waals surface area (Å²) in [6, 6.07) is 12.0. The van der Waals surface area contributed by atoms with Gasteiger partial charge in [0.1, 0.15) is 23.8 Å². The summed E-state index contributed by atoms with van der Waals surface area (Å²) < 4.78 is 15.7. The molecule has 8 nitrogen and oxygen atoms in total. The summed E-state index contributed by atoms with van der Waals surface area (Å²) in [6.07, 6.45) is 0. The molecule has 0 spiro atoms. The number of amides is 3. The van der Waals surface area contributed by atoms with Crippen LogP contribution >= 0.6 is 0 Å². The molecule has 1 aliphatic heterocycles. The molecule has 0 aliphatic carbocycles. The minimum Gasteiger partial charge on any atom is -0.497 e. The minimum absolute atomic E-state index is 0.0341. The number of anilines is 2.